The lowest BCUT2D eigenvalue weighted by atomic mass is 10.0. The average molecular weight is 264 g/mol. The van der Waals surface area contributed by atoms with Crippen LogP contribution < -0.4 is 0 Å². The Bertz CT molecular complexity index is 702. The number of furan rings is 1. The molecule has 0 saturated carbocycles. The van der Waals surface area contributed by atoms with Gasteiger partial charge in [-0.25, -0.2) is 0 Å². The zero-order valence-electron chi connectivity index (χ0n) is 11.4. The SMILES string of the molecule is CCCc1ccc(C(=O)c2cc3ccccc3o2)cc1. The number of ketones is 1. The van der Waals surface area contributed by atoms with E-state index in [2.05, 4.69) is 6.92 Å². The van der Waals surface area contributed by atoms with Gasteiger partial charge in [0, 0.05) is 10.9 Å². The minimum Gasteiger partial charge on any atom is -0.453 e. The second-order valence-corrected chi connectivity index (χ2v) is 4.92. The lowest BCUT2D eigenvalue weighted by Gasteiger charge is -2.01. The van der Waals surface area contributed by atoms with Crippen LogP contribution in [0.4, 0.5) is 0 Å². The Hall–Kier alpha value is -2.35. The van der Waals surface area contributed by atoms with E-state index < -0.39 is 0 Å². The van der Waals surface area contributed by atoms with Crippen molar-refractivity contribution in [2.45, 2.75) is 19.8 Å². The van der Waals surface area contributed by atoms with E-state index in [1.165, 1.54) is 5.56 Å². The van der Waals surface area contributed by atoms with Crippen LogP contribution in [0.25, 0.3) is 11.0 Å². The fourth-order valence-electron chi connectivity index (χ4n) is 2.35. The Labute approximate surface area is 118 Å². The van der Waals surface area contributed by atoms with Crippen LogP contribution in [0.1, 0.15) is 35.0 Å². The first-order chi connectivity index (χ1) is 9.78. The number of hydrogen-bond acceptors (Lipinski definition) is 2. The number of para-hydroxylation sites is 1. The first-order valence-corrected chi connectivity index (χ1v) is 6.90. The number of rotatable bonds is 4. The van der Waals surface area contributed by atoms with Gasteiger partial charge < -0.3 is 4.42 Å². The van der Waals surface area contributed by atoms with Crippen molar-refractivity contribution in [2.24, 2.45) is 0 Å². The molecule has 1 heterocycles. The number of carbonyl (C=O) groups is 1. The van der Waals surface area contributed by atoms with Gasteiger partial charge in [-0.05, 0) is 24.1 Å². The van der Waals surface area contributed by atoms with Crippen LogP contribution in [0.15, 0.2) is 59.0 Å². The number of aryl methyl sites for hydroxylation is 1. The molecule has 3 rings (SSSR count). The summed E-state index contributed by atoms with van der Waals surface area (Å²) in [6.07, 6.45) is 2.15. The van der Waals surface area contributed by atoms with E-state index in [0.29, 0.717) is 11.3 Å². The van der Waals surface area contributed by atoms with Crippen LogP contribution in [0.2, 0.25) is 0 Å². The normalized spacial score (nSPS) is 10.8. The molecule has 0 N–H and O–H groups in total. The van der Waals surface area contributed by atoms with Crippen molar-refractivity contribution >= 4 is 16.8 Å². The molecular weight excluding hydrogens is 248 g/mol. The van der Waals surface area contributed by atoms with Gasteiger partial charge in [-0.3, -0.25) is 4.79 Å². The van der Waals surface area contributed by atoms with E-state index in [9.17, 15) is 4.79 Å². The monoisotopic (exact) mass is 264 g/mol. The smallest absolute Gasteiger partial charge is 0.228 e. The van der Waals surface area contributed by atoms with Gasteiger partial charge in [-0.2, -0.15) is 0 Å². The lowest BCUT2D eigenvalue weighted by molar-refractivity contribution is 0.101. The van der Waals surface area contributed by atoms with E-state index in [-0.39, 0.29) is 5.78 Å². The van der Waals surface area contributed by atoms with Crippen molar-refractivity contribution in [3.05, 3.63) is 71.5 Å². The molecule has 0 aliphatic rings. The first-order valence-electron chi connectivity index (χ1n) is 6.90. The summed E-state index contributed by atoms with van der Waals surface area (Å²) in [6.45, 7) is 2.15. The van der Waals surface area contributed by atoms with Crippen molar-refractivity contribution in [2.75, 3.05) is 0 Å². The zero-order valence-corrected chi connectivity index (χ0v) is 11.4. The highest BCUT2D eigenvalue weighted by Gasteiger charge is 2.14. The molecule has 0 spiro atoms. The van der Waals surface area contributed by atoms with Gasteiger partial charge in [0.2, 0.25) is 5.78 Å². The predicted octanol–water partition coefficient (Wildman–Crippen LogP) is 4.62. The molecule has 0 bridgehead atoms. The van der Waals surface area contributed by atoms with Gasteiger partial charge in [0.1, 0.15) is 5.58 Å². The van der Waals surface area contributed by atoms with Crippen LogP contribution >= 0.6 is 0 Å². The second kappa shape index (κ2) is 5.33. The third-order valence-electron chi connectivity index (χ3n) is 3.40. The van der Waals surface area contributed by atoms with E-state index in [1.54, 1.807) is 6.07 Å². The van der Waals surface area contributed by atoms with Crippen molar-refractivity contribution < 1.29 is 9.21 Å². The van der Waals surface area contributed by atoms with Crippen LogP contribution in [0.5, 0.6) is 0 Å². The summed E-state index contributed by atoms with van der Waals surface area (Å²) >= 11 is 0. The van der Waals surface area contributed by atoms with Gasteiger partial charge >= 0.3 is 0 Å². The Morgan fingerprint density at radius 1 is 1.05 bits per heavy atom. The molecule has 2 nitrogen and oxygen atoms in total. The molecule has 3 aromatic rings. The Balaban J connectivity index is 1.91. The third-order valence-corrected chi connectivity index (χ3v) is 3.40. The van der Waals surface area contributed by atoms with E-state index in [0.717, 1.165) is 23.8 Å². The topological polar surface area (TPSA) is 30.2 Å². The predicted molar refractivity (Wildman–Crippen MR) is 80.1 cm³/mol. The van der Waals surface area contributed by atoms with E-state index in [4.69, 9.17) is 4.42 Å². The van der Waals surface area contributed by atoms with E-state index >= 15 is 0 Å². The molecule has 100 valence electrons. The Kier molecular flexibility index (Phi) is 3.38. The molecule has 0 aliphatic heterocycles. The second-order valence-electron chi connectivity index (χ2n) is 4.92. The molecule has 1 aromatic heterocycles. The van der Waals surface area contributed by atoms with Gasteiger partial charge in [0.05, 0.1) is 0 Å². The standard InChI is InChI=1S/C18H16O2/c1-2-5-13-8-10-14(11-9-13)18(19)17-12-15-6-3-4-7-16(15)20-17/h3-4,6-12H,2,5H2,1H3. The highest BCUT2D eigenvalue weighted by atomic mass is 16.3. The van der Waals surface area contributed by atoms with Crippen molar-refractivity contribution in [3.63, 3.8) is 0 Å². The molecule has 0 fully saturated rings. The third kappa shape index (κ3) is 2.37. The molecule has 0 saturated heterocycles. The molecule has 0 radical (unpaired) electrons. The number of fused-ring (bicyclic) bond motifs is 1. The minimum atomic E-state index is -0.0655. The summed E-state index contributed by atoms with van der Waals surface area (Å²) in [5, 5.41) is 0.957. The van der Waals surface area contributed by atoms with Crippen molar-refractivity contribution in [1.82, 2.24) is 0 Å². The maximum atomic E-state index is 12.4. The van der Waals surface area contributed by atoms with Crippen LogP contribution in [0.3, 0.4) is 0 Å². The highest BCUT2D eigenvalue weighted by molar-refractivity contribution is 6.08. The molecule has 0 amide bonds. The van der Waals surface area contributed by atoms with Crippen molar-refractivity contribution in [3.8, 4) is 0 Å². The van der Waals surface area contributed by atoms with E-state index in [1.807, 2.05) is 48.5 Å². The van der Waals surface area contributed by atoms with Gasteiger partial charge in [-0.15, -0.1) is 0 Å². The summed E-state index contributed by atoms with van der Waals surface area (Å²) in [6, 6.07) is 17.2. The fourth-order valence-corrected chi connectivity index (χ4v) is 2.35. The molecule has 0 aliphatic carbocycles. The Morgan fingerprint density at radius 2 is 1.80 bits per heavy atom. The largest absolute Gasteiger partial charge is 0.453 e. The summed E-state index contributed by atoms with van der Waals surface area (Å²) in [7, 11) is 0. The first kappa shape index (κ1) is 12.7. The zero-order chi connectivity index (χ0) is 13.9. The number of hydrogen-bond donors (Lipinski definition) is 0. The van der Waals surface area contributed by atoms with Gasteiger partial charge in [-0.1, -0.05) is 55.8 Å². The number of carbonyl (C=O) groups excluding carboxylic acids is 1. The Morgan fingerprint density at radius 3 is 2.50 bits per heavy atom. The maximum Gasteiger partial charge on any atom is 0.228 e. The lowest BCUT2D eigenvalue weighted by Crippen LogP contribution is -1.99. The molecule has 0 unspecified atom stereocenters. The molecule has 0 atom stereocenters. The molecular formula is C18H16O2. The molecule has 2 heteroatoms. The van der Waals surface area contributed by atoms with Crippen LogP contribution in [-0.2, 0) is 6.42 Å². The summed E-state index contributed by atoms with van der Waals surface area (Å²) in [4.78, 5) is 12.4. The molecule has 2 aromatic carbocycles. The quantitative estimate of drug-likeness (QED) is 0.644. The summed E-state index contributed by atoms with van der Waals surface area (Å²) in [5.74, 6) is 0.332. The molecule has 20 heavy (non-hydrogen) atoms. The number of benzene rings is 2. The highest BCUT2D eigenvalue weighted by Crippen LogP contribution is 2.21. The van der Waals surface area contributed by atoms with Gasteiger partial charge in [0.15, 0.2) is 5.76 Å². The fraction of sp³-hybridized carbons (Fsp3) is 0.167. The maximum absolute atomic E-state index is 12.4. The minimum absolute atomic E-state index is 0.0655. The summed E-state index contributed by atoms with van der Waals surface area (Å²) < 4.78 is 5.61. The van der Waals surface area contributed by atoms with Gasteiger partial charge in [0.25, 0.3) is 0 Å². The van der Waals surface area contributed by atoms with Crippen LogP contribution in [-0.4, -0.2) is 5.78 Å². The van der Waals surface area contributed by atoms with Crippen molar-refractivity contribution in [1.29, 1.82) is 0 Å². The average Bonchev–Trinajstić information content (AvgIpc) is 2.91. The van der Waals surface area contributed by atoms with Crippen LogP contribution in [0, 0.1) is 0 Å². The summed E-state index contributed by atoms with van der Waals surface area (Å²) in [5.41, 5.74) is 2.68.